The summed E-state index contributed by atoms with van der Waals surface area (Å²) in [6.07, 6.45) is 1.62. The Labute approximate surface area is 195 Å². The molecule has 4 rings (SSSR count). The van der Waals surface area contributed by atoms with Gasteiger partial charge >= 0.3 is 0 Å². The lowest BCUT2D eigenvalue weighted by Gasteiger charge is -2.14. The van der Waals surface area contributed by atoms with Crippen LogP contribution in [-0.2, 0) is 4.79 Å². The molecule has 0 radical (unpaired) electrons. The Kier molecular flexibility index (Phi) is 6.74. The maximum absolute atomic E-state index is 12.9. The summed E-state index contributed by atoms with van der Waals surface area (Å²) in [5, 5.41) is 1.70. The second kappa shape index (κ2) is 9.87. The van der Waals surface area contributed by atoms with E-state index in [1.54, 1.807) is 18.2 Å². The number of methoxy groups -OCH3 is 3. The molecule has 0 saturated carbocycles. The molecule has 1 fully saturated rings. The predicted octanol–water partition coefficient (Wildman–Crippen LogP) is 4.98. The number of nitrogens with zero attached hydrogens (tertiary/aromatic N) is 1. The SMILES string of the molecule is COc1cc(OC)c(OC)cc1/C=C1\SC(=O)N(CCOc2cccc3ccccc23)C1=O. The number of hydrogen-bond acceptors (Lipinski definition) is 7. The van der Waals surface area contributed by atoms with Crippen molar-refractivity contribution >= 4 is 39.8 Å². The maximum atomic E-state index is 12.9. The molecular formula is C25H23NO6S. The van der Waals surface area contributed by atoms with Gasteiger partial charge in [-0.3, -0.25) is 14.5 Å². The summed E-state index contributed by atoms with van der Waals surface area (Å²) in [6, 6.07) is 17.1. The highest BCUT2D eigenvalue weighted by Gasteiger charge is 2.35. The average Bonchev–Trinajstić information content (AvgIpc) is 3.11. The van der Waals surface area contributed by atoms with Crippen LogP contribution in [-0.4, -0.2) is 50.5 Å². The minimum Gasteiger partial charge on any atom is -0.496 e. The molecule has 0 spiro atoms. The average molecular weight is 466 g/mol. The molecule has 0 unspecified atom stereocenters. The fourth-order valence-electron chi connectivity index (χ4n) is 3.57. The Hall–Kier alpha value is -3.65. The number of benzene rings is 3. The van der Waals surface area contributed by atoms with Crippen molar-refractivity contribution in [2.45, 2.75) is 0 Å². The van der Waals surface area contributed by atoms with Gasteiger partial charge in [-0.05, 0) is 35.4 Å². The number of fused-ring (bicyclic) bond motifs is 1. The van der Waals surface area contributed by atoms with E-state index in [0.29, 0.717) is 33.5 Å². The van der Waals surface area contributed by atoms with E-state index in [9.17, 15) is 9.59 Å². The van der Waals surface area contributed by atoms with Gasteiger partial charge in [0, 0.05) is 17.0 Å². The van der Waals surface area contributed by atoms with E-state index < -0.39 is 0 Å². The largest absolute Gasteiger partial charge is 0.496 e. The lowest BCUT2D eigenvalue weighted by Crippen LogP contribution is -2.32. The van der Waals surface area contributed by atoms with Gasteiger partial charge in [-0.1, -0.05) is 36.4 Å². The summed E-state index contributed by atoms with van der Waals surface area (Å²) in [4.78, 5) is 26.9. The molecule has 1 aliphatic heterocycles. The first-order valence-electron chi connectivity index (χ1n) is 10.2. The van der Waals surface area contributed by atoms with Crippen molar-refractivity contribution in [1.82, 2.24) is 4.90 Å². The summed E-state index contributed by atoms with van der Waals surface area (Å²) in [5.74, 6) is 1.84. The van der Waals surface area contributed by atoms with Crippen LogP contribution in [0.4, 0.5) is 4.79 Å². The van der Waals surface area contributed by atoms with Crippen LogP contribution in [0.3, 0.4) is 0 Å². The minimum absolute atomic E-state index is 0.147. The third kappa shape index (κ3) is 4.61. The fraction of sp³-hybridized carbons (Fsp3) is 0.200. The fourth-order valence-corrected chi connectivity index (χ4v) is 4.42. The second-order valence-corrected chi connectivity index (χ2v) is 8.10. The van der Waals surface area contributed by atoms with Gasteiger partial charge in [-0.15, -0.1) is 0 Å². The van der Waals surface area contributed by atoms with Crippen molar-refractivity contribution < 1.29 is 28.5 Å². The first-order chi connectivity index (χ1) is 16.0. The van der Waals surface area contributed by atoms with E-state index >= 15 is 0 Å². The van der Waals surface area contributed by atoms with Crippen LogP contribution in [0, 0.1) is 0 Å². The molecule has 0 bridgehead atoms. The summed E-state index contributed by atoms with van der Waals surface area (Å²) >= 11 is 0.883. The van der Waals surface area contributed by atoms with E-state index in [4.69, 9.17) is 18.9 Å². The van der Waals surface area contributed by atoms with Gasteiger partial charge in [0.2, 0.25) is 0 Å². The van der Waals surface area contributed by atoms with E-state index in [0.717, 1.165) is 22.5 Å². The Morgan fingerprint density at radius 1 is 0.848 bits per heavy atom. The van der Waals surface area contributed by atoms with Crippen molar-refractivity contribution in [3.63, 3.8) is 0 Å². The van der Waals surface area contributed by atoms with Gasteiger partial charge in [-0.2, -0.15) is 0 Å². The van der Waals surface area contributed by atoms with Crippen LogP contribution in [0.15, 0.2) is 59.5 Å². The monoisotopic (exact) mass is 465 g/mol. The number of carbonyl (C=O) groups excluding carboxylic acids is 2. The molecule has 2 amide bonds. The van der Waals surface area contributed by atoms with Gasteiger partial charge in [0.1, 0.15) is 18.1 Å². The van der Waals surface area contributed by atoms with Crippen LogP contribution in [0.1, 0.15) is 5.56 Å². The highest BCUT2D eigenvalue weighted by Crippen LogP contribution is 2.38. The molecule has 1 heterocycles. The topological polar surface area (TPSA) is 74.3 Å². The van der Waals surface area contributed by atoms with E-state index in [2.05, 4.69) is 0 Å². The molecule has 1 aliphatic rings. The van der Waals surface area contributed by atoms with Gasteiger partial charge in [0.05, 0.1) is 32.8 Å². The molecule has 33 heavy (non-hydrogen) atoms. The molecule has 8 heteroatoms. The summed E-state index contributed by atoms with van der Waals surface area (Å²) < 4.78 is 21.9. The third-order valence-corrected chi connectivity index (χ3v) is 6.13. The van der Waals surface area contributed by atoms with Crippen molar-refractivity contribution in [3.8, 4) is 23.0 Å². The summed E-state index contributed by atoms with van der Waals surface area (Å²) in [7, 11) is 4.58. The van der Waals surface area contributed by atoms with Crippen LogP contribution in [0.2, 0.25) is 0 Å². The lowest BCUT2D eigenvalue weighted by atomic mass is 10.1. The van der Waals surface area contributed by atoms with Crippen LogP contribution >= 0.6 is 11.8 Å². The Balaban J connectivity index is 1.49. The number of amides is 2. The Morgan fingerprint density at radius 2 is 1.55 bits per heavy atom. The normalized spacial score (nSPS) is 14.8. The van der Waals surface area contributed by atoms with Gasteiger partial charge in [0.25, 0.3) is 11.1 Å². The van der Waals surface area contributed by atoms with Crippen molar-refractivity contribution in [2.24, 2.45) is 0 Å². The number of ether oxygens (including phenoxy) is 4. The maximum Gasteiger partial charge on any atom is 0.293 e. The smallest absolute Gasteiger partial charge is 0.293 e. The molecular weight excluding hydrogens is 442 g/mol. The number of hydrogen-bond donors (Lipinski definition) is 0. The van der Waals surface area contributed by atoms with E-state index in [-0.39, 0.29) is 24.3 Å². The number of thioether (sulfide) groups is 1. The van der Waals surface area contributed by atoms with Crippen LogP contribution < -0.4 is 18.9 Å². The quantitative estimate of drug-likeness (QED) is 0.434. The van der Waals surface area contributed by atoms with Crippen molar-refractivity contribution in [3.05, 3.63) is 65.1 Å². The number of imide groups is 1. The van der Waals surface area contributed by atoms with Crippen molar-refractivity contribution in [2.75, 3.05) is 34.5 Å². The standard InChI is InChI=1S/C25H23NO6S/c1-29-20-15-22(31-3)21(30-2)13-17(20)14-23-24(27)26(25(28)33-23)11-12-32-19-10-6-8-16-7-4-5-9-18(16)19/h4-10,13-15H,11-12H2,1-3H3/b23-14-. The number of carbonyl (C=O) groups is 2. The van der Waals surface area contributed by atoms with Crippen molar-refractivity contribution in [1.29, 1.82) is 0 Å². The zero-order valence-electron chi connectivity index (χ0n) is 18.5. The zero-order chi connectivity index (χ0) is 23.4. The Bertz CT molecular complexity index is 1230. The summed E-state index contributed by atoms with van der Waals surface area (Å²) in [6.45, 7) is 0.341. The minimum atomic E-state index is -0.372. The molecule has 7 nitrogen and oxygen atoms in total. The van der Waals surface area contributed by atoms with E-state index in [1.165, 1.54) is 26.2 Å². The molecule has 0 atom stereocenters. The molecule has 0 aliphatic carbocycles. The first kappa shape index (κ1) is 22.5. The second-order valence-electron chi connectivity index (χ2n) is 7.11. The highest BCUT2D eigenvalue weighted by atomic mass is 32.2. The zero-order valence-corrected chi connectivity index (χ0v) is 19.3. The third-order valence-electron chi connectivity index (χ3n) is 5.22. The van der Waals surface area contributed by atoms with Gasteiger partial charge in [-0.25, -0.2) is 0 Å². The molecule has 1 saturated heterocycles. The van der Waals surface area contributed by atoms with E-state index in [1.807, 2.05) is 42.5 Å². The lowest BCUT2D eigenvalue weighted by molar-refractivity contribution is -0.123. The van der Waals surface area contributed by atoms with Gasteiger partial charge < -0.3 is 18.9 Å². The Morgan fingerprint density at radius 3 is 2.30 bits per heavy atom. The highest BCUT2D eigenvalue weighted by molar-refractivity contribution is 8.18. The van der Waals surface area contributed by atoms with Crippen LogP contribution in [0.5, 0.6) is 23.0 Å². The first-order valence-corrected chi connectivity index (χ1v) is 11.0. The molecule has 3 aromatic rings. The van der Waals surface area contributed by atoms with Gasteiger partial charge in [0.15, 0.2) is 11.5 Å². The predicted molar refractivity (Wildman–Crippen MR) is 128 cm³/mol. The molecule has 3 aromatic carbocycles. The molecule has 0 N–H and O–H groups in total. The molecule has 170 valence electrons. The number of rotatable bonds is 8. The van der Waals surface area contributed by atoms with Crippen LogP contribution in [0.25, 0.3) is 16.8 Å². The molecule has 0 aromatic heterocycles. The summed E-state index contributed by atoms with van der Waals surface area (Å²) in [5.41, 5.74) is 0.604.